The summed E-state index contributed by atoms with van der Waals surface area (Å²) < 4.78 is 1.93. The third kappa shape index (κ3) is 2.92. The summed E-state index contributed by atoms with van der Waals surface area (Å²) in [6.07, 6.45) is 2.20. The second-order valence-corrected chi connectivity index (χ2v) is 7.31. The molecule has 1 N–H and O–H groups in total. The van der Waals surface area contributed by atoms with E-state index in [2.05, 4.69) is 37.2 Å². The minimum atomic E-state index is 0.152. The van der Waals surface area contributed by atoms with Crippen LogP contribution in [-0.4, -0.2) is 37.0 Å². The van der Waals surface area contributed by atoms with Gasteiger partial charge in [-0.15, -0.1) is 11.3 Å². The molecule has 94 valence electrons. The zero-order chi connectivity index (χ0) is 12.4. The van der Waals surface area contributed by atoms with E-state index in [-0.39, 0.29) is 5.91 Å². The van der Waals surface area contributed by atoms with Crippen molar-refractivity contribution in [3.05, 3.63) is 19.2 Å². The third-order valence-electron chi connectivity index (χ3n) is 2.93. The molecule has 1 aliphatic rings. The van der Waals surface area contributed by atoms with Crippen molar-refractivity contribution in [1.82, 2.24) is 10.2 Å². The van der Waals surface area contributed by atoms with Crippen LogP contribution < -0.4 is 5.32 Å². The first-order valence-electron chi connectivity index (χ1n) is 5.54. The van der Waals surface area contributed by atoms with Crippen molar-refractivity contribution in [2.24, 2.45) is 0 Å². The second kappa shape index (κ2) is 5.82. The average molecular weight is 382 g/mol. The van der Waals surface area contributed by atoms with Crippen molar-refractivity contribution in [3.8, 4) is 0 Å². The van der Waals surface area contributed by atoms with E-state index in [1.165, 1.54) is 11.3 Å². The van der Waals surface area contributed by atoms with Gasteiger partial charge in [0.1, 0.15) is 0 Å². The van der Waals surface area contributed by atoms with Crippen LogP contribution >= 0.6 is 43.2 Å². The Balaban J connectivity index is 2.13. The molecule has 0 saturated carbocycles. The number of rotatable bonds is 3. The van der Waals surface area contributed by atoms with Gasteiger partial charge in [-0.1, -0.05) is 0 Å². The van der Waals surface area contributed by atoms with Gasteiger partial charge in [-0.2, -0.15) is 0 Å². The number of hydrogen-bond acceptors (Lipinski definition) is 3. The van der Waals surface area contributed by atoms with Crippen LogP contribution in [0.5, 0.6) is 0 Å². The SMILES string of the molecule is CNCC1CCCN1C(=O)c1cc(Br)c(Br)s1. The first-order valence-corrected chi connectivity index (χ1v) is 7.94. The first kappa shape index (κ1) is 13.5. The summed E-state index contributed by atoms with van der Waals surface area (Å²) in [5.74, 6) is 0.152. The van der Waals surface area contributed by atoms with Crippen LogP contribution in [0, 0.1) is 0 Å². The highest BCUT2D eigenvalue weighted by molar-refractivity contribution is 9.13. The summed E-state index contributed by atoms with van der Waals surface area (Å²) in [5.41, 5.74) is 0. The average Bonchev–Trinajstić information content (AvgIpc) is 2.87. The molecule has 0 aliphatic carbocycles. The number of amides is 1. The summed E-state index contributed by atoms with van der Waals surface area (Å²) in [6, 6.07) is 2.23. The van der Waals surface area contributed by atoms with Gasteiger partial charge in [0.2, 0.25) is 0 Å². The van der Waals surface area contributed by atoms with Crippen molar-refractivity contribution in [2.75, 3.05) is 20.1 Å². The van der Waals surface area contributed by atoms with E-state index in [1.807, 2.05) is 18.0 Å². The highest BCUT2D eigenvalue weighted by Gasteiger charge is 2.29. The predicted octanol–water partition coefficient (Wildman–Crippen LogP) is 3.10. The number of thiophene rings is 1. The molecule has 0 spiro atoms. The standard InChI is InChI=1S/C11H14Br2N2OS/c1-14-6-7-3-2-4-15(7)11(16)9-5-8(12)10(13)17-9/h5,7,14H,2-4,6H2,1H3. The highest BCUT2D eigenvalue weighted by atomic mass is 79.9. The molecule has 0 aromatic carbocycles. The van der Waals surface area contributed by atoms with Gasteiger partial charge in [0.15, 0.2) is 0 Å². The Morgan fingerprint density at radius 2 is 2.41 bits per heavy atom. The molecule has 1 aromatic rings. The summed E-state index contributed by atoms with van der Waals surface area (Å²) in [7, 11) is 1.93. The Labute approximate surface area is 122 Å². The van der Waals surface area contributed by atoms with Gasteiger partial charge in [0, 0.05) is 23.6 Å². The Morgan fingerprint density at radius 1 is 1.65 bits per heavy atom. The molecule has 2 rings (SSSR count). The van der Waals surface area contributed by atoms with Crippen LogP contribution in [0.25, 0.3) is 0 Å². The molecule has 1 amide bonds. The molecule has 3 nitrogen and oxygen atoms in total. The number of nitrogens with one attached hydrogen (secondary N) is 1. The van der Waals surface area contributed by atoms with Gasteiger partial charge >= 0.3 is 0 Å². The van der Waals surface area contributed by atoms with E-state index in [4.69, 9.17) is 0 Å². The predicted molar refractivity (Wildman–Crippen MR) is 77.7 cm³/mol. The van der Waals surface area contributed by atoms with Crippen molar-refractivity contribution >= 4 is 49.1 Å². The van der Waals surface area contributed by atoms with Crippen LogP contribution in [0.4, 0.5) is 0 Å². The maximum Gasteiger partial charge on any atom is 0.264 e. The second-order valence-electron chi connectivity index (χ2n) is 4.08. The van der Waals surface area contributed by atoms with E-state index in [1.54, 1.807) is 0 Å². The zero-order valence-electron chi connectivity index (χ0n) is 9.50. The van der Waals surface area contributed by atoms with Crippen molar-refractivity contribution in [2.45, 2.75) is 18.9 Å². The number of carbonyl (C=O) groups excluding carboxylic acids is 1. The molecule has 2 heterocycles. The fourth-order valence-electron chi connectivity index (χ4n) is 2.14. The quantitative estimate of drug-likeness (QED) is 0.872. The fourth-order valence-corrected chi connectivity index (χ4v) is 4.14. The third-order valence-corrected chi connectivity index (χ3v) is 6.18. The van der Waals surface area contributed by atoms with Crippen LogP contribution in [0.3, 0.4) is 0 Å². The van der Waals surface area contributed by atoms with Gasteiger partial charge < -0.3 is 10.2 Å². The van der Waals surface area contributed by atoms with Crippen molar-refractivity contribution < 1.29 is 4.79 Å². The molecule has 1 saturated heterocycles. The normalized spacial score (nSPS) is 19.9. The van der Waals surface area contributed by atoms with Gasteiger partial charge in [0.25, 0.3) is 5.91 Å². The van der Waals surface area contributed by atoms with Crippen molar-refractivity contribution in [1.29, 1.82) is 0 Å². The lowest BCUT2D eigenvalue weighted by molar-refractivity contribution is 0.0742. The van der Waals surface area contributed by atoms with Crippen LogP contribution in [0.2, 0.25) is 0 Å². The molecule has 1 fully saturated rings. The molecule has 1 unspecified atom stereocenters. The largest absolute Gasteiger partial charge is 0.334 e. The minimum absolute atomic E-state index is 0.152. The Bertz CT molecular complexity index is 402. The Morgan fingerprint density at radius 3 is 3.00 bits per heavy atom. The molecule has 0 bridgehead atoms. The number of likely N-dealkylation sites (tertiary alicyclic amines) is 1. The molecule has 17 heavy (non-hydrogen) atoms. The summed E-state index contributed by atoms with van der Waals surface area (Å²) in [5, 5.41) is 3.15. The summed E-state index contributed by atoms with van der Waals surface area (Å²) in [4.78, 5) is 15.1. The van der Waals surface area contributed by atoms with E-state index >= 15 is 0 Å². The molecule has 1 atom stereocenters. The number of hydrogen-bond donors (Lipinski definition) is 1. The van der Waals surface area contributed by atoms with E-state index < -0.39 is 0 Å². The van der Waals surface area contributed by atoms with E-state index in [0.717, 1.165) is 39.1 Å². The minimum Gasteiger partial charge on any atom is -0.334 e. The zero-order valence-corrected chi connectivity index (χ0v) is 13.5. The first-order chi connectivity index (χ1) is 8.13. The Kier molecular flexibility index (Phi) is 4.63. The van der Waals surface area contributed by atoms with E-state index in [0.29, 0.717) is 6.04 Å². The molecular formula is C11H14Br2N2OS. The maximum atomic E-state index is 12.4. The van der Waals surface area contributed by atoms with Crippen LogP contribution in [0.15, 0.2) is 14.3 Å². The Hall–Kier alpha value is 0.0900. The molecule has 1 aromatic heterocycles. The summed E-state index contributed by atoms with van der Waals surface area (Å²) >= 11 is 8.33. The monoisotopic (exact) mass is 380 g/mol. The van der Waals surface area contributed by atoms with Crippen LogP contribution in [-0.2, 0) is 0 Å². The molecular weight excluding hydrogens is 368 g/mol. The smallest absolute Gasteiger partial charge is 0.264 e. The fraction of sp³-hybridized carbons (Fsp3) is 0.545. The lowest BCUT2D eigenvalue weighted by atomic mass is 10.2. The van der Waals surface area contributed by atoms with Crippen LogP contribution in [0.1, 0.15) is 22.5 Å². The van der Waals surface area contributed by atoms with Gasteiger partial charge in [0.05, 0.1) is 8.66 Å². The summed E-state index contributed by atoms with van der Waals surface area (Å²) in [6.45, 7) is 1.75. The number of halogens is 2. The number of carbonyl (C=O) groups is 1. The molecule has 1 aliphatic heterocycles. The lowest BCUT2D eigenvalue weighted by Crippen LogP contribution is -2.40. The molecule has 6 heteroatoms. The lowest BCUT2D eigenvalue weighted by Gasteiger charge is -2.23. The van der Waals surface area contributed by atoms with Crippen molar-refractivity contribution in [3.63, 3.8) is 0 Å². The maximum absolute atomic E-state index is 12.4. The van der Waals surface area contributed by atoms with Gasteiger partial charge in [-0.05, 0) is 57.8 Å². The van der Waals surface area contributed by atoms with E-state index in [9.17, 15) is 4.79 Å². The number of nitrogens with zero attached hydrogens (tertiary/aromatic N) is 1. The van der Waals surface area contributed by atoms with Gasteiger partial charge in [-0.3, -0.25) is 4.79 Å². The number of likely N-dealkylation sites (N-methyl/N-ethyl adjacent to an activating group) is 1. The highest BCUT2D eigenvalue weighted by Crippen LogP contribution is 2.34. The molecule has 0 radical (unpaired) electrons. The van der Waals surface area contributed by atoms with Gasteiger partial charge in [-0.25, -0.2) is 0 Å². The topological polar surface area (TPSA) is 32.3 Å².